The number of hydrogen-bond acceptors (Lipinski definition) is 7. The Morgan fingerprint density at radius 1 is 1.13 bits per heavy atom. The van der Waals surface area contributed by atoms with E-state index in [0.717, 1.165) is 5.56 Å². The summed E-state index contributed by atoms with van der Waals surface area (Å²) in [6.07, 6.45) is 5.27. The van der Waals surface area contributed by atoms with Crippen LogP contribution in [0.15, 0.2) is 65.6 Å². The monoisotopic (exact) mass is 408 g/mol. The van der Waals surface area contributed by atoms with Gasteiger partial charge in [0.1, 0.15) is 12.2 Å². The van der Waals surface area contributed by atoms with Gasteiger partial charge in [-0.2, -0.15) is 4.39 Å². The molecular formula is C21H19FN5O3+. The number of halogens is 1. The van der Waals surface area contributed by atoms with Crippen LogP contribution < -0.4 is 15.0 Å². The molecular weight excluding hydrogens is 389 g/mol. The highest BCUT2D eigenvalue weighted by Crippen LogP contribution is 2.25. The molecule has 0 saturated carbocycles. The Kier molecular flexibility index (Phi) is 5.62. The molecule has 3 N–H and O–H groups in total. The largest absolute Gasteiger partial charge is 0.473 e. The lowest BCUT2D eigenvalue weighted by molar-refractivity contribution is -0.716. The Balaban J connectivity index is 1.41. The lowest BCUT2D eigenvalue weighted by Crippen LogP contribution is -2.37. The van der Waals surface area contributed by atoms with Crippen LogP contribution in [-0.2, 0) is 19.8 Å². The molecule has 4 heterocycles. The summed E-state index contributed by atoms with van der Waals surface area (Å²) < 4.78 is 25.6. The maximum absolute atomic E-state index is 13.1. The van der Waals surface area contributed by atoms with Crippen LogP contribution in [0.4, 0.5) is 10.2 Å². The van der Waals surface area contributed by atoms with E-state index in [4.69, 9.17) is 15.0 Å². The number of pyridine rings is 3. The highest BCUT2D eigenvalue weighted by molar-refractivity contribution is 5.67. The van der Waals surface area contributed by atoms with Gasteiger partial charge in [0.25, 0.3) is 5.82 Å². The first-order chi connectivity index (χ1) is 14.6. The fourth-order valence-electron chi connectivity index (χ4n) is 2.92. The maximum Gasteiger partial charge on any atom is 0.285 e. The van der Waals surface area contributed by atoms with Crippen LogP contribution in [0.1, 0.15) is 16.8 Å². The molecule has 30 heavy (non-hydrogen) atoms. The summed E-state index contributed by atoms with van der Waals surface area (Å²) in [6.45, 7) is -0.0262. The molecule has 0 bridgehead atoms. The fourth-order valence-corrected chi connectivity index (χ4v) is 2.92. The van der Waals surface area contributed by atoms with Crippen molar-refractivity contribution < 1.29 is 23.3 Å². The van der Waals surface area contributed by atoms with E-state index in [-0.39, 0.29) is 13.3 Å². The molecule has 4 aromatic heterocycles. The van der Waals surface area contributed by atoms with Crippen molar-refractivity contribution in [3.8, 4) is 17.2 Å². The van der Waals surface area contributed by atoms with Crippen LogP contribution >= 0.6 is 0 Å². The third-order valence-corrected chi connectivity index (χ3v) is 4.45. The smallest absolute Gasteiger partial charge is 0.285 e. The molecule has 0 aliphatic carbocycles. The summed E-state index contributed by atoms with van der Waals surface area (Å²) >= 11 is 0. The Labute approximate surface area is 171 Å². The van der Waals surface area contributed by atoms with E-state index in [1.54, 1.807) is 42.7 Å². The van der Waals surface area contributed by atoms with Gasteiger partial charge in [-0.1, -0.05) is 11.2 Å². The maximum atomic E-state index is 13.1. The van der Waals surface area contributed by atoms with Crippen molar-refractivity contribution in [2.24, 2.45) is 0 Å². The molecule has 0 aliphatic rings. The van der Waals surface area contributed by atoms with Crippen LogP contribution in [0.3, 0.4) is 0 Å². The minimum Gasteiger partial charge on any atom is -0.473 e. The zero-order valence-corrected chi connectivity index (χ0v) is 15.9. The van der Waals surface area contributed by atoms with Gasteiger partial charge in [0.2, 0.25) is 11.8 Å². The number of rotatable bonds is 7. The lowest BCUT2D eigenvalue weighted by Gasteiger charge is -2.06. The third kappa shape index (κ3) is 4.41. The van der Waals surface area contributed by atoms with Crippen LogP contribution in [-0.4, -0.2) is 20.2 Å². The van der Waals surface area contributed by atoms with Gasteiger partial charge in [0, 0.05) is 30.9 Å². The standard InChI is InChI=1S/C21H18FN5O3/c22-19-9-15(5-6-24-19)12-29-20-4-3-14(11-25-20)8-16-10-18(30-26-16)17-2-1-7-27(13-28)21(17)23/h1-7,9-11,23,28H,8,12-13H2/p+1. The second-order valence-electron chi connectivity index (χ2n) is 6.56. The molecule has 0 unspecified atom stereocenters. The Morgan fingerprint density at radius 2 is 2.03 bits per heavy atom. The van der Waals surface area contributed by atoms with Crippen LogP contribution in [0.5, 0.6) is 5.88 Å². The topological polar surface area (TPSA) is 111 Å². The molecule has 8 nitrogen and oxygen atoms in total. The number of nitrogens with two attached hydrogens (primary N) is 1. The molecule has 0 aliphatic heterocycles. The average Bonchev–Trinajstić information content (AvgIpc) is 3.22. The highest BCUT2D eigenvalue weighted by Gasteiger charge is 2.16. The minimum atomic E-state index is -0.546. The number of aliphatic hydroxyl groups is 1. The van der Waals surface area contributed by atoms with Gasteiger partial charge in [-0.25, -0.2) is 14.5 Å². The van der Waals surface area contributed by atoms with Crippen LogP contribution in [0.2, 0.25) is 0 Å². The zero-order chi connectivity index (χ0) is 20.9. The van der Waals surface area contributed by atoms with Gasteiger partial charge in [-0.05, 0) is 35.4 Å². The number of nitrogens with zero attached hydrogens (tertiary/aromatic N) is 4. The van der Waals surface area contributed by atoms with Crippen molar-refractivity contribution >= 4 is 5.82 Å². The van der Waals surface area contributed by atoms with E-state index >= 15 is 0 Å². The molecule has 0 amide bonds. The van der Waals surface area contributed by atoms with Crippen molar-refractivity contribution in [3.63, 3.8) is 0 Å². The quantitative estimate of drug-likeness (QED) is 0.356. The van der Waals surface area contributed by atoms with Gasteiger partial charge < -0.3 is 14.4 Å². The average molecular weight is 408 g/mol. The summed E-state index contributed by atoms with van der Waals surface area (Å²) in [5, 5.41) is 13.4. The van der Waals surface area contributed by atoms with Gasteiger partial charge >= 0.3 is 0 Å². The second kappa shape index (κ2) is 8.66. The Hall–Kier alpha value is -3.85. The van der Waals surface area contributed by atoms with Gasteiger partial charge in [0.15, 0.2) is 12.5 Å². The summed E-state index contributed by atoms with van der Waals surface area (Å²) in [6, 6.07) is 12.0. The van der Waals surface area contributed by atoms with Crippen molar-refractivity contribution in [1.29, 1.82) is 0 Å². The second-order valence-corrected chi connectivity index (χ2v) is 6.56. The van der Waals surface area contributed by atoms with Crippen LogP contribution in [0.25, 0.3) is 11.3 Å². The molecule has 4 aromatic rings. The van der Waals surface area contributed by atoms with Crippen molar-refractivity contribution in [2.45, 2.75) is 19.8 Å². The summed E-state index contributed by atoms with van der Waals surface area (Å²) in [7, 11) is 0. The Bertz CT molecular complexity index is 1150. The lowest BCUT2D eigenvalue weighted by atomic mass is 10.1. The molecule has 4 rings (SSSR count). The minimum absolute atomic E-state index is 0.199. The number of aliphatic hydroxyl groups excluding tert-OH is 1. The van der Waals surface area contributed by atoms with Gasteiger partial charge in [0.05, 0.1) is 11.9 Å². The molecule has 0 aromatic carbocycles. The molecule has 0 spiro atoms. The summed E-state index contributed by atoms with van der Waals surface area (Å²) in [4.78, 5) is 7.78. The van der Waals surface area contributed by atoms with E-state index in [9.17, 15) is 9.50 Å². The molecule has 152 valence electrons. The van der Waals surface area contributed by atoms with Crippen molar-refractivity contribution in [3.05, 3.63) is 83.8 Å². The highest BCUT2D eigenvalue weighted by atomic mass is 19.1. The molecule has 0 saturated heterocycles. The normalized spacial score (nSPS) is 10.9. The molecule has 0 radical (unpaired) electrons. The number of anilines is 1. The molecule has 9 heteroatoms. The van der Waals surface area contributed by atoms with Gasteiger partial charge in [-0.3, -0.25) is 5.73 Å². The predicted octanol–water partition coefficient (Wildman–Crippen LogP) is 2.26. The SMILES string of the molecule is Nc1c(-c2cc(Cc3ccc(OCc4ccnc(F)c4)nc3)no2)ccc[n+]1CO. The molecule has 0 atom stereocenters. The number of hydrogen-bond donors (Lipinski definition) is 2. The fraction of sp³-hybridized carbons (Fsp3) is 0.143. The van der Waals surface area contributed by atoms with Crippen molar-refractivity contribution in [1.82, 2.24) is 15.1 Å². The van der Waals surface area contributed by atoms with E-state index in [0.29, 0.717) is 40.7 Å². The van der Waals surface area contributed by atoms with Gasteiger partial charge in [-0.15, -0.1) is 0 Å². The van der Waals surface area contributed by atoms with E-state index in [2.05, 4.69) is 15.1 Å². The van der Waals surface area contributed by atoms with E-state index in [1.807, 2.05) is 6.07 Å². The number of nitrogen functional groups attached to an aromatic ring is 1. The number of aromatic nitrogens is 4. The third-order valence-electron chi connectivity index (χ3n) is 4.45. The summed E-state index contributed by atoms with van der Waals surface area (Å²) in [5.41, 5.74) is 9.01. The number of ether oxygens (including phenoxy) is 1. The van der Waals surface area contributed by atoms with E-state index in [1.165, 1.54) is 16.8 Å². The first kappa shape index (κ1) is 19.5. The first-order valence-corrected chi connectivity index (χ1v) is 9.15. The molecule has 0 fully saturated rings. The van der Waals surface area contributed by atoms with E-state index < -0.39 is 5.95 Å². The van der Waals surface area contributed by atoms with Crippen LogP contribution in [0, 0.1) is 5.95 Å². The zero-order valence-electron chi connectivity index (χ0n) is 15.9. The Morgan fingerprint density at radius 3 is 2.80 bits per heavy atom. The first-order valence-electron chi connectivity index (χ1n) is 9.15. The predicted molar refractivity (Wildman–Crippen MR) is 104 cm³/mol. The summed E-state index contributed by atoms with van der Waals surface area (Å²) in [5.74, 6) is 0.792. The van der Waals surface area contributed by atoms with Crippen molar-refractivity contribution in [2.75, 3.05) is 5.73 Å².